The van der Waals surface area contributed by atoms with Crippen LogP contribution in [0.3, 0.4) is 0 Å². The number of rotatable bonds is 3. The molecule has 1 spiro atoms. The number of nitrogens with zero attached hydrogens (tertiary/aromatic N) is 1. The summed E-state index contributed by atoms with van der Waals surface area (Å²) in [6.07, 6.45) is 2.15. The van der Waals surface area contributed by atoms with Crippen LogP contribution in [0.1, 0.15) is 55.6 Å². The fourth-order valence-electron chi connectivity index (χ4n) is 15.3. The largest absolute Gasteiger partial charge is 0.453 e. The Labute approximate surface area is 425 Å². The second-order valence-electron chi connectivity index (χ2n) is 21.7. The summed E-state index contributed by atoms with van der Waals surface area (Å²) in [6.45, 7) is 5.07. The smallest absolute Gasteiger partial charge is 0.159 e. The highest BCUT2D eigenvalue weighted by Crippen LogP contribution is 2.65. The van der Waals surface area contributed by atoms with Crippen LogP contribution in [0.2, 0.25) is 13.1 Å². The average Bonchev–Trinajstić information content (AvgIpc) is 4.20. The second kappa shape index (κ2) is 13.9. The van der Waals surface area contributed by atoms with E-state index in [9.17, 15) is 0 Å². The number of fused-ring (bicyclic) bond motifs is 18. The molecule has 0 amide bonds. The molecule has 0 fully saturated rings. The average molecular weight is 946 g/mol. The van der Waals surface area contributed by atoms with Crippen molar-refractivity contribution in [2.75, 3.05) is 4.90 Å². The van der Waals surface area contributed by atoms with Gasteiger partial charge in [0, 0.05) is 16.3 Å². The monoisotopic (exact) mass is 945 g/mol. The van der Waals surface area contributed by atoms with Gasteiger partial charge in [-0.15, -0.1) is 0 Å². The lowest BCUT2D eigenvalue weighted by Gasteiger charge is -2.47. The highest BCUT2D eigenvalue weighted by Gasteiger charge is 2.52. The predicted molar refractivity (Wildman–Crippen MR) is 304 cm³/mol. The van der Waals surface area contributed by atoms with Crippen LogP contribution in [0.15, 0.2) is 229 Å². The van der Waals surface area contributed by atoms with E-state index >= 15 is 0 Å². The maximum Gasteiger partial charge on any atom is 0.159 e. The molecule has 17 rings (SSSR count). The van der Waals surface area contributed by atoms with Gasteiger partial charge < -0.3 is 9.32 Å². The molecule has 3 aliphatic carbocycles. The van der Waals surface area contributed by atoms with Crippen LogP contribution >= 0.6 is 0 Å². The minimum atomic E-state index is -2.14. The van der Waals surface area contributed by atoms with Crippen molar-refractivity contribution in [2.24, 2.45) is 0 Å². The van der Waals surface area contributed by atoms with E-state index in [1.807, 2.05) is 0 Å². The molecule has 0 unspecified atom stereocenters. The Bertz CT molecular complexity index is 4330. The molecule has 2 aliphatic heterocycles. The van der Waals surface area contributed by atoms with Crippen LogP contribution < -0.4 is 15.3 Å². The molecule has 0 bridgehead atoms. The number of para-hydroxylation sites is 2. The van der Waals surface area contributed by atoms with Crippen molar-refractivity contribution in [1.82, 2.24) is 0 Å². The summed E-state index contributed by atoms with van der Waals surface area (Å²) in [4.78, 5) is 2.57. The molecule has 2 nitrogen and oxygen atoms in total. The van der Waals surface area contributed by atoms with E-state index in [1.165, 1.54) is 116 Å². The first-order valence-electron chi connectivity index (χ1n) is 26.0. The standard InChI is InChI=1S/C70H47NOSi/c1-73(2)62-31-16-11-24-48(62)52-40-58-61(41-63(52)73)71(59-29-15-14-28-55(59)69(58,44-18-5-3-6-19-44)45-20-7-4-8-21-45)60-30-17-25-49-50-37-39-57-66(68(50)72-67(49)60)51-36-34-42-32-33-43-35-38-56(65(51)64(42)43)70(57)53-26-12-9-22-46(53)47-23-10-13-27-54(47)70/h3-31,34-41H,32-33H2,1-2H3. The summed E-state index contributed by atoms with van der Waals surface area (Å²) < 4.78 is 7.84. The van der Waals surface area contributed by atoms with Gasteiger partial charge in [0.25, 0.3) is 0 Å². The third-order valence-electron chi connectivity index (χ3n) is 18.2. The normalized spacial score (nSPS) is 16.0. The van der Waals surface area contributed by atoms with Gasteiger partial charge in [-0.2, -0.15) is 0 Å². The van der Waals surface area contributed by atoms with Crippen LogP contribution in [-0.4, -0.2) is 8.07 Å². The first-order chi connectivity index (χ1) is 36.0. The molecular formula is C70H47NOSi. The molecular weight excluding hydrogens is 899 g/mol. The third-order valence-corrected chi connectivity index (χ3v) is 21.8. The quantitative estimate of drug-likeness (QED) is 0.164. The van der Waals surface area contributed by atoms with Gasteiger partial charge in [-0.1, -0.05) is 213 Å². The lowest BCUT2D eigenvalue weighted by Crippen LogP contribution is -2.49. The molecule has 12 aromatic rings. The Morgan fingerprint density at radius 1 is 0.370 bits per heavy atom. The van der Waals surface area contributed by atoms with Gasteiger partial charge in [0.1, 0.15) is 13.7 Å². The number of furan rings is 1. The number of aryl methyl sites for hydroxylation is 2. The SMILES string of the molecule is C[Si]1(C)c2ccccc2-c2cc3c(cc21)N(c1cccc2c1oc1c4c(ccc12)C1(c2ccccc2-c2ccccc21)c1ccc2c5c(ccc-4c15)CC2)c1ccccc1C3(c1ccccc1)c1ccccc1. The van der Waals surface area contributed by atoms with E-state index in [4.69, 9.17) is 4.42 Å². The van der Waals surface area contributed by atoms with Crippen molar-refractivity contribution in [2.45, 2.75) is 36.8 Å². The van der Waals surface area contributed by atoms with E-state index in [-0.39, 0.29) is 0 Å². The molecule has 73 heavy (non-hydrogen) atoms. The Kier molecular flexibility index (Phi) is 7.65. The highest BCUT2D eigenvalue weighted by atomic mass is 28.3. The fraction of sp³-hybridized carbons (Fsp3) is 0.0857. The Morgan fingerprint density at radius 3 is 1.68 bits per heavy atom. The molecule has 0 atom stereocenters. The summed E-state index contributed by atoms with van der Waals surface area (Å²) in [7, 11) is -2.14. The minimum absolute atomic E-state index is 0.525. The van der Waals surface area contributed by atoms with Crippen LogP contribution in [0.25, 0.3) is 66.1 Å². The second-order valence-corrected chi connectivity index (χ2v) is 26.0. The Morgan fingerprint density at radius 2 is 0.959 bits per heavy atom. The molecule has 11 aromatic carbocycles. The first kappa shape index (κ1) is 40.1. The molecule has 0 N–H and O–H groups in total. The zero-order chi connectivity index (χ0) is 48.0. The van der Waals surface area contributed by atoms with Crippen molar-refractivity contribution < 1.29 is 4.42 Å². The van der Waals surface area contributed by atoms with Crippen molar-refractivity contribution in [3.8, 4) is 33.4 Å². The van der Waals surface area contributed by atoms with Crippen LogP contribution in [0.4, 0.5) is 17.1 Å². The molecule has 3 heteroatoms. The molecule has 0 radical (unpaired) electrons. The molecule has 1 aromatic heterocycles. The third kappa shape index (κ3) is 4.72. The fourth-order valence-corrected chi connectivity index (χ4v) is 18.4. The molecule has 0 saturated heterocycles. The lowest BCUT2D eigenvalue weighted by molar-refractivity contribution is 0.666. The molecule has 3 heterocycles. The topological polar surface area (TPSA) is 16.4 Å². The molecule has 5 aliphatic rings. The highest BCUT2D eigenvalue weighted by molar-refractivity contribution is 7.03. The van der Waals surface area contributed by atoms with Crippen LogP contribution in [0.5, 0.6) is 0 Å². The lowest BCUT2D eigenvalue weighted by atomic mass is 9.61. The minimum Gasteiger partial charge on any atom is -0.453 e. The maximum absolute atomic E-state index is 7.84. The summed E-state index contributed by atoms with van der Waals surface area (Å²) in [5.41, 5.74) is 25.3. The number of benzene rings is 11. The Balaban J connectivity index is 0.997. The zero-order valence-corrected chi connectivity index (χ0v) is 41.6. The van der Waals surface area contributed by atoms with E-state index < -0.39 is 18.9 Å². The van der Waals surface area contributed by atoms with Gasteiger partial charge in [0.05, 0.1) is 27.9 Å². The van der Waals surface area contributed by atoms with E-state index in [1.54, 1.807) is 0 Å². The summed E-state index contributed by atoms with van der Waals surface area (Å²) in [5, 5.41) is 8.07. The van der Waals surface area contributed by atoms with Crippen molar-refractivity contribution in [1.29, 1.82) is 0 Å². The first-order valence-corrected chi connectivity index (χ1v) is 29.0. The van der Waals surface area contributed by atoms with Gasteiger partial charge in [0.15, 0.2) is 5.58 Å². The van der Waals surface area contributed by atoms with Gasteiger partial charge >= 0.3 is 0 Å². The molecule has 0 saturated carbocycles. The zero-order valence-electron chi connectivity index (χ0n) is 40.6. The maximum atomic E-state index is 7.84. The number of anilines is 3. The molecule has 342 valence electrons. The van der Waals surface area contributed by atoms with E-state index in [0.717, 1.165) is 46.2 Å². The van der Waals surface area contributed by atoms with Gasteiger partial charge in [-0.05, 0) is 142 Å². The van der Waals surface area contributed by atoms with Gasteiger partial charge in [-0.25, -0.2) is 0 Å². The van der Waals surface area contributed by atoms with E-state index in [2.05, 4.69) is 242 Å². The van der Waals surface area contributed by atoms with E-state index in [0.29, 0.717) is 0 Å². The van der Waals surface area contributed by atoms with Crippen molar-refractivity contribution in [3.05, 3.63) is 280 Å². The van der Waals surface area contributed by atoms with Gasteiger partial charge in [-0.3, -0.25) is 0 Å². The van der Waals surface area contributed by atoms with Crippen LogP contribution in [-0.2, 0) is 23.7 Å². The van der Waals surface area contributed by atoms with Crippen molar-refractivity contribution >= 4 is 68.2 Å². The summed E-state index contributed by atoms with van der Waals surface area (Å²) in [6, 6.07) is 85.9. The summed E-state index contributed by atoms with van der Waals surface area (Å²) >= 11 is 0. The van der Waals surface area contributed by atoms with Gasteiger partial charge in [0.2, 0.25) is 0 Å². The Hall–Kier alpha value is -8.50. The predicted octanol–water partition coefficient (Wildman–Crippen LogP) is 16.2. The summed E-state index contributed by atoms with van der Waals surface area (Å²) in [5.74, 6) is 0. The number of hydrogen-bond acceptors (Lipinski definition) is 2. The number of hydrogen-bond donors (Lipinski definition) is 0. The van der Waals surface area contributed by atoms with Crippen molar-refractivity contribution in [3.63, 3.8) is 0 Å². The van der Waals surface area contributed by atoms with Crippen LogP contribution in [0, 0.1) is 0 Å².